The van der Waals surface area contributed by atoms with Crippen LogP contribution in [0, 0.1) is 20.8 Å². The number of hydrogen-bond acceptors (Lipinski definition) is 5. The molecule has 5 nitrogen and oxygen atoms in total. The van der Waals surface area contributed by atoms with E-state index < -0.39 is 5.97 Å². The molecule has 0 bridgehead atoms. The van der Waals surface area contributed by atoms with Crippen molar-refractivity contribution in [1.29, 1.82) is 0 Å². The maximum absolute atomic E-state index is 10.9. The number of nitrogens with zero attached hydrogens (tertiary/aromatic N) is 1. The molecule has 0 saturated heterocycles. The Balaban J connectivity index is 1.99. The number of phenols is 1. The first-order valence-corrected chi connectivity index (χ1v) is 7.89. The summed E-state index contributed by atoms with van der Waals surface area (Å²) < 4.78 is 0.954. The summed E-state index contributed by atoms with van der Waals surface area (Å²) in [5.41, 5.74) is 4.53. The molecule has 0 unspecified atom stereocenters. The fourth-order valence-corrected chi connectivity index (χ4v) is 3.49. The average Bonchev–Trinajstić information content (AvgIpc) is 2.95. The van der Waals surface area contributed by atoms with Crippen LogP contribution in [0.25, 0.3) is 10.2 Å². The van der Waals surface area contributed by atoms with E-state index >= 15 is 0 Å². The van der Waals surface area contributed by atoms with Crippen LogP contribution in [0.5, 0.6) is 5.75 Å². The third-order valence-corrected chi connectivity index (χ3v) is 5.07. The van der Waals surface area contributed by atoms with Crippen LogP contribution in [-0.2, 0) is 0 Å². The van der Waals surface area contributed by atoms with Gasteiger partial charge in [0.1, 0.15) is 5.75 Å². The molecule has 0 fully saturated rings. The second kappa shape index (κ2) is 5.55. The van der Waals surface area contributed by atoms with Crippen molar-refractivity contribution in [1.82, 2.24) is 4.98 Å². The molecule has 1 heterocycles. The standard InChI is InChI=1S/C17H16N2O3S/c1-8-9(2)14(20)10(3)15-13(8)19-17(23-15)18-12-6-4-11(5-7-12)16(21)22/h4-7,20H,1-3H3,(H,18,19)(H,21,22). The molecule has 0 amide bonds. The number of aromatic hydroxyl groups is 1. The van der Waals surface area contributed by atoms with Crippen LogP contribution in [-0.4, -0.2) is 21.2 Å². The molecule has 0 aliphatic heterocycles. The average molecular weight is 328 g/mol. The van der Waals surface area contributed by atoms with E-state index in [1.54, 1.807) is 24.3 Å². The molecule has 0 atom stereocenters. The normalized spacial score (nSPS) is 10.9. The molecule has 0 aliphatic carbocycles. The molecule has 0 aliphatic rings. The van der Waals surface area contributed by atoms with Gasteiger partial charge in [-0.15, -0.1) is 0 Å². The molecular weight excluding hydrogens is 312 g/mol. The molecule has 118 valence electrons. The maximum atomic E-state index is 10.9. The first-order chi connectivity index (χ1) is 10.9. The maximum Gasteiger partial charge on any atom is 0.335 e. The van der Waals surface area contributed by atoms with Gasteiger partial charge in [0.25, 0.3) is 0 Å². The predicted octanol–water partition coefficient (Wildman–Crippen LogP) is 4.37. The molecule has 3 aromatic rings. The Morgan fingerprint density at radius 1 is 1.09 bits per heavy atom. The fourth-order valence-electron chi connectivity index (χ4n) is 2.45. The van der Waals surface area contributed by atoms with Crippen LogP contribution in [0.3, 0.4) is 0 Å². The molecule has 3 N–H and O–H groups in total. The minimum Gasteiger partial charge on any atom is -0.507 e. The van der Waals surface area contributed by atoms with Crippen LogP contribution in [0.1, 0.15) is 27.0 Å². The molecule has 3 rings (SSSR count). The second-order valence-electron chi connectivity index (χ2n) is 5.43. The number of carboxylic acid groups (broad SMARTS) is 1. The zero-order chi connectivity index (χ0) is 16.7. The number of anilines is 2. The van der Waals surface area contributed by atoms with Crippen LogP contribution in [0.15, 0.2) is 24.3 Å². The quantitative estimate of drug-likeness (QED) is 0.665. The van der Waals surface area contributed by atoms with Crippen molar-refractivity contribution in [3.05, 3.63) is 46.5 Å². The van der Waals surface area contributed by atoms with Gasteiger partial charge in [-0.05, 0) is 56.2 Å². The van der Waals surface area contributed by atoms with Gasteiger partial charge in [0, 0.05) is 11.3 Å². The van der Waals surface area contributed by atoms with Gasteiger partial charge in [0.15, 0.2) is 5.13 Å². The van der Waals surface area contributed by atoms with Crippen molar-refractivity contribution in [2.75, 3.05) is 5.32 Å². The Bertz CT molecular complexity index is 869. The molecule has 2 aromatic carbocycles. The highest BCUT2D eigenvalue weighted by molar-refractivity contribution is 7.22. The third kappa shape index (κ3) is 2.61. The van der Waals surface area contributed by atoms with Crippen molar-refractivity contribution in [2.24, 2.45) is 0 Å². The van der Waals surface area contributed by atoms with Gasteiger partial charge in [-0.2, -0.15) is 0 Å². The van der Waals surface area contributed by atoms with Crippen LogP contribution < -0.4 is 5.32 Å². The highest BCUT2D eigenvalue weighted by Crippen LogP contribution is 2.39. The van der Waals surface area contributed by atoms with Crippen molar-refractivity contribution in [3.8, 4) is 5.75 Å². The fraction of sp³-hybridized carbons (Fsp3) is 0.176. The highest BCUT2D eigenvalue weighted by Gasteiger charge is 2.15. The molecule has 6 heteroatoms. The number of nitrogens with one attached hydrogen (secondary N) is 1. The number of thiazole rings is 1. The number of carboxylic acids is 1. The number of aryl methyl sites for hydroxylation is 2. The summed E-state index contributed by atoms with van der Waals surface area (Å²) >= 11 is 1.47. The van der Waals surface area contributed by atoms with Gasteiger partial charge < -0.3 is 15.5 Å². The van der Waals surface area contributed by atoms with Gasteiger partial charge in [-0.25, -0.2) is 9.78 Å². The highest BCUT2D eigenvalue weighted by atomic mass is 32.1. The number of hydrogen-bond donors (Lipinski definition) is 3. The lowest BCUT2D eigenvalue weighted by atomic mass is 10.0. The zero-order valence-corrected chi connectivity index (χ0v) is 13.8. The zero-order valence-electron chi connectivity index (χ0n) is 13.0. The third-order valence-electron chi connectivity index (χ3n) is 3.98. The Labute approximate surface area is 137 Å². The Kier molecular flexibility index (Phi) is 3.69. The van der Waals surface area contributed by atoms with Crippen molar-refractivity contribution in [2.45, 2.75) is 20.8 Å². The Morgan fingerprint density at radius 2 is 1.74 bits per heavy atom. The summed E-state index contributed by atoms with van der Waals surface area (Å²) in [4.78, 5) is 15.5. The molecule has 0 radical (unpaired) electrons. The van der Waals surface area contributed by atoms with Crippen molar-refractivity contribution >= 4 is 38.3 Å². The van der Waals surface area contributed by atoms with E-state index in [9.17, 15) is 9.90 Å². The van der Waals surface area contributed by atoms with E-state index in [0.717, 1.165) is 32.6 Å². The van der Waals surface area contributed by atoms with Crippen molar-refractivity contribution < 1.29 is 15.0 Å². The SMILES string of the molecule is Cc1c(O)c(C)c2sc(Nc3ccc(C(=O)O)cc3)nc2c1C. The van der Waals surface area contributed by atoms with E-state index in [2.05, 4.69) is 10.3 Å². The molecule has 0 spiro atoms. The summed E-state index contributed by atoms with van der Waals surface area (Å²) in [5, 5.41) is 23.0. The van der Waals surface area contributed by atoms with Crippen LogP contribution in [0.2, 0.25) is 0 Å². The number of aromatic nitrogens is 1. The summed E-state index contributed by atoms with van der Waals surface area (Å²) in [7, 11) is 0. The van der Waals surface area contributed by atoms with E-state index in [4.69, 9.17) is 5.11 Å². The predicted molar refractivity (Wildman–Crippen MR) is 92.2 cm³/mol. The lowest BCUT2D eigenvalue weighted by molar-refractivity contribution is 0.0697. The lowest BCUT2D eigenvalue weighted by Crippen LogP contribution is -1.96. The molecular formula is C17H16N2O3S. The monoisotopic (exact) mass is 328 g/mol. The Morgan fingerprint density at radius 3 is 2.35 bits per heavy atom. The second-order valence-corrected chi connectivity index (χ2v) is 6.43. The van der Waals surface area contributed by atoms with Gasteiger partial charge in [-0.1, -0.05) is 11.3 Å². The minimum atomic E-state index is -0.950. The number of rotatable bonds is 3. The van der Waals surface area contributed by atoms with E-state index in [-0.39, 0.29) is 5.56 Å². The molecule has 1 aromatic heterocycles. The lowest BCUT2D eigenvalue weighted by Gasteiger charge is -2.07. The van der Waals surface area contributed by atoms with Gasteiger partial charge in [0.2, 0.25) is 0 Å². The summed E-state index contributed by atoms with van der Waals surface area (Å²) in [6.45, 7) is 5.71. The molecule has 23 heavy (non-hydrogen) atoms. The van der Waals surface area contributed by atoms with Gasteiger partial charge in [-0.3, -0.25) is 0 Å². The number of phenolic OH excluding ortho intramolecular Hbond substituents is 1. The van der Waals surface area contributed by atoms with Gasteiger partial charge >= 0.3 is 5.97 Å². The Hall–Kier alpha value is -2.60. The first kappa shape index (κ1) is 15.3. The summed E-state index contributed by atoms with van der Waals surface area (Å²) in [6.07, 6.45) is 0. The van der Waals surface area contributed by atoms with Crippen LogP contribution >= 0.6 is 11.3 Å². The largest absolute Gasteiger partial charge is 0.507 e. The minimum absolute atomic E-state index is 0.243. The van der Waals surface area contributed by atoms with E-state index in [1.165, 1.54) is 11.3 Å². The van der Waals surface area contributed by atoms with Crippen molar-refractivity contribution in [3.63, 3.8) is 0 Å². The van der Waals surface area contributed by atoms with Gasteiger partial charge in [0.05, 0.1) is 15.8 Å². The van der Waals surface area contributed by atoms with E-state index in [0.29, 0.717) is 10.9 Å². The first-order valence-electron chi connectivity index (χ1n) is 7.08. The smallest absolute Gasteiger partial charge is 0.335 e. The topological polar surface area (TPSA) is 82.5 Å². The summed E-state index contributed by atoms with van der Waals surface area (Å²) in [5.74, 6) is -0.634. The summed E-state index contributed by atoms with van der Waals surface area (Å²) in [6, 6.07) is 6.50. The number of aromatic carboxylic acids is 1. The van der Waals surface area contributed by atoms with Crippen LogP contribution in [0.4, 0.5) is 10.8 Å². The number of fused-ring (bicyclic) bond motifs is 1. The number of benzene rings is 2. The van der Waals surface area contributed by atoms with E-state index in [1.807, 2.05) is 20.8 Å². The molecule has 0 saturated carbocycles. The number of carbonyl (C=O) groups is 1.